The van der Waals surface area contributed by atoms with Gasteiger partial charge in [0, 0.05) is 56.8 Å². The summed E-state index contributed by atoms with van der Waals surface area (Å²) in [5.41, 5.74) is 14.7. The first-order valence-electron chi connectivity index (χ1n) is 18.7. The predicted molar refractivity (Wildman–Crippen MR) is 215 cm³/mol. The molecule has 5 aromatic carbocycles. The number of rotatable bonds is 2. The summed E-state index contributed by atoms with van der Waals surface area (Å²) >= 11 is 0. The summed E-state index contributed by atoms with van der Waals surface area (Å²) < 4.78 is 14.0. The van der Waals surface area contributed by atoms with Crippen LogP contribution in [0.25, 0.3) is 82.5 Å². The lowest BCUT2D eigenvalue weighted by molar-refractivity contribution is -0.739. The average Bonchev–Trinajstić information content (AvgIpc) is 3.91. The van der Waals surface area contributed by atoms with Crippen molar-refractivity contribution in [2.24, 2.45) is 0 Å². The number of benzene rings is 5. The van der Waals surface area contributed by atoms with Crippen LogP contribution < -0.4 is 9.13 Å². The summed E-state index contributed by atoms with van der Waals surface area (Å²) in [6.07, 6.45) is 6.78. The van der Waals surface area contributed by atoms with Crippen molar-refractivity contribution in [2.45, 2.75) is 44.2 Å². The van der Waals surface area contributed by atoms with Crippen LogP contribution in [0.5, 0.6) is 0 Å². The molecule has 0 aliphatic carbocycles. The third-order valence-corrected chi connectivity index (χ3v) is 12.5. The molecular weight excluding hydrogens is 647 g/mol. The van der Waals surface area contributed by atoms with Crippen LogP contribution in [0.3, 0.4) is 0 Å². The monoisotopic (exact) mass is 683 g/mol. The van der Waals surface area contributed by atoms with Gasteiger partial charge in [-0.2, -0.15) is 9.13 Å². The van der Waals surface area contributed by atoms with Crippen LogP contribution in [0.1, 0.15) is 55.5 Å². The summed E-state index contributed by atoms with van der Waals surface area (Å²) in [7, 11) is 0. The van der Waals surface area contributed by atoms with Gasteiger partial charge in [-0.05, 0) is 65.1 Å². The standard InChI is InChI=1S/C49H37N3O/c1-5-38-44(47-30-14-7-6-13-29(30)39-18-10-11-23-51(39)47)37-27-41-35(26-36(37)40-25-28(49(2,3)4)22-24-50(38)40)32-17-12-16-31-33-20-21-43-45(48(33)52(41)46(31)32)34-15-8-9-19-42(34)53-43/h5-27,38,44,47H,1H2,2-4H3/q+2. The summed E-state index contributed by atoms with van der Waals surface area (Å²) in [6, 6.07) is 45.2. The third-order valence-electron chi connectivity index (χ3n) is 12.5. The Kier molecular flexibility index (Phi) is 5.53. The van der Waals surface area contributed by atoms with E-state index < -0.39 is 0 Å². The maximum absolute atomic E-state index is 6.48. The molecule has 5 aromatic heterocycles. The molecule has 2 aliphatic rings. The van der Waals surface area contributed by atoms with Gasteiger partial charge in [-0.15, -0.1) is 0 Å². The van der Waals surface area contributed by atoms with E-state index in [1.807, 2.05) is 0 Å². The first-order chi connectivity index (χ1) is 25.9. The lowest BCUT2D eigenvalue weighted by Gasteiger charge is -2.32. The number of aromatic nitrogens is 3. The molecule has 0 saturated carbocycles. The van der Waals surface area contributed by atoms with E-state index in [0.717, 1.165) is 16.6 Å². The molecular formula is C49H37N3O+2. The molecule has 4 nitrogen and oxygen atoms in total. The Balaban J connectivity index is 1.26. The molecule has 252 valence electrons. The topological polar surface area (TPSA) is 25.3 Å². The summed E-state index contributed by atoms with van der Waals surface area (Å²) in [5, 5.41) is 7.42. The fourth-order valence-electron chi connectivity index (χ4n) is 10.2. The normalized spacial score (nSPS) is 18.0. The second-order valence-electron chi connectivity index (χ2n) is 16.2. The number of pyridine rings is 2. The molecule has 0 spiro atoms. The highest BCUT2D eigenvalue weighted by Crippen LogP contribution is 2.52. The van der Waals surface area contributed by atoms with E-state index in [1.54, 1.807) is 0 Å². The molecule has 3 unspecified atom stereocenters. The van der Waals surface area contributed by atoms with E-state index in [9.17, 15) is 0 Å². The zero-order valence-corrected chi connectivity index (χ0v) is 30.0. The largest absolute Gasteiger partial charge is 0.456 e. The second kappa shape index (κ2) is 9.99. The number of hydrogen-bond acceptors (Lipinski definition) is 1. The van der Waals surface area contributed by atoms with Crippen LogP contribution in [0, 0.1) is 0 Å². The highest BCUT2D eigenvalue weighted by atomic mass is 16.3. The Morgan fingerprint density at radius 2 is 1.40 bits per heavy atom. The number of allylic oxidation sites excluding steroid dienone is 1. The minimum atomic E-state index is 0.00771. The molecule has 0 N–H and O–H groups in total. The van der Waals surface area contributed by atoms with Gasteiger partial charge >= 0.3 is 0 Å². The van der Waals surface area contributed by atoms with Crippen molar-refractivity contribution in [3.8, 4) is 22.5 Å². The zero-order valence-electron chi connectivity index (χ0n) is 30.0. The highest BCUT2D eigenvalue weighted by Gasteiger charge is 2.52. The van der Waals surface area contributed by atoms with E-state index in [2.05, 4.69) is 181 Å². The quantitative estimate of drug-likeness (QED) is 0.132. The molecule has 2 aliphatic heterocycles. The number of para-hydroxylation sites is 2. The highest BCUT2D eigenvalue weighted by molar-refractivity contribution is 6.30. The van der Waals surface area contributed by atoms with Gasteiger partial charge in [0.1, 0.15) is 17.1 Å². The van der Waals surface area contributed by atoms with Crippen molar-refractivity contribution < 1.29 is 13.6 Å². The van der Waals surface area contributed by atoms with Gasteiger partial charge in [-0.1, -0.05) is 81.9 Å². The van der Waals surface area contributed by atoms with E-state index in [0.29, 0.717) is 0 Å². The molecule has 10 aromatic rings. The third kappa shape index (κ3) is 3.65. The molecule has 7 heterocycles. The van der Waals surface area contributed by atoms with Crippen molar-refractivity contribution in [3.05, 3.63) is 163 Å². The van der Waals surface area contributed by atoms with E-state index in [4.69, 9.17) is 4.42 Å². The summed E-state index contributed by atoms with van der Waals surface area (Å²) in [4.78, 5) is 0. The average molecular weight is 684 g/mol. The Morgan fingerprint density at radius 3 is 2.26 bits per heavy atom. The van der Waals surface area contributed by atoms with Gasteiger partial charge in [-0.25, -0.2) is 0 Å². The molecule has 3 atom stereocenters. The lowest BCUT2D eigenvalue weighted by atomic mass is 9.75. The van der Waals surface area contributed by atoms with Crippen LogP contribution in [-0.4, -0.2) is 4.40 Å². The predicted octanol–water partition coefficient (Wildman–Crippen LogP) is 11.4. The van der Waals surface area contributed by atoms with Gasteiger partial charge in [-0.3, -0.25) is 0 Å². The van der Waals surface area contributed by atoms with E-state index in [1.165, 1.54) is 82.7 Å². The minimum Gasteiger partial charge on any atom is -0.456 e. The molecule has 0 fully saturated rings. The number of nitrogens with zero attached hydrogens (tertiary/aromatic N) is 3. The molecule has 0 bridgehead atoms. The maximum atomic E-state index is 6.48. The Hall–Kier alpha value is -6.26. The summed E-state index contributed by atoms with van der Waals surface area (Å²) in [6.45, 7) is 11.5. The van der Waals surface area contributed by atoms with E-state index in [-0.39, 0.29) is 23.4 Å². The van der Waals surface area contributed by atoms with Gasteiger partial charge in [0.2, 0.25) is 11.4 Å². The molecule has 53 heavy (non-hydrogen) atoms. The fourth-order valence-corrected chi connectivity index (χ4v) is 10.2. The first kappa shape index (κ1) is 29.3. The molecule has 0 amide bonds. The molecule has 4 heteroatoms. The van der Waals surface area contributed by atoms with Gasteiger partial charge in [0.05, 0.1) is 33.1 Å². The number of fused-ring (bicyclic) bond motifs is 16. The van der Waals surface area contributed by atoms with Crippen molar-refractivity contribution in [1.82, 2.24) is 4.40 Å². The van der Waals surface area contributed by atoms with Crippen LogP contribution in [0.15, 0.2) is 151 Å². The van der Waals surface area contributed by atoms with Crippen molar-refractivity contribution in [1.29, 1.82) is 0 Å². The van der Waals surface area contributed by atoms with Gasteiger partial charge in [0.15, 0.2) is 24.5 Å². The van der Waals surface area contributed by atoms with Gasteiger partial charge in [0.25, 0.3) is 0 Å². The molecule has 0 saturated heterocycles. The fraction of sp³-hybridized carbons (Fsp3) is 0.143. The zero-order chi connectivity index (χ0) is 35.3. The summed E-state index contributed by atoms with van der Waals surface area (Å²) in [5.74, 6) is 0.0800. The SMILES string of the molecule is C=CC1C(C2c3ccccc3-c3cccc[n+]32)c2cc3c(cc2-c2cc(C(C)(C)C)cc[n+]21)c1cccc2c4ccc5oc6ccccc6c5c4n3c12. The van der Waals surface area contributed by atoms with Crippen LogP contribution in [-0.2, 0) is 5.41 Å². The Morgan fingerprint density at radius 1 is 0.623 bits per heavy atom. The van der Waals surface area contributed by atoms with Crippen molar-refractivity contribution in [2.75, 3.05) is 0 Å². The number of hydrogen-bond donors (Lipinski definition) is 0. The first-order valence-corrected chi connectivity index (χ1v) is 18.7. The second-order valence-corrected chi connectivity index (χ2v) is 16.2. The minimum absolute atomic E-state index is 0.00771. The molecule has 12 rings (SSSR count). The maximum Gasteiger partial charge on any atom is 0.213 e. The Labute approximate surface area is 306 Å². The smallest absolute Gasteiger partial charge is 0.213 e. The van der Waals surface area contributed by atoms with Crippen LogP contribution >= 0.6 is 0 Å². The van der Waals surface area contributed by atoms with E-state index >= 15 is 0 Å². The lowest BCUT2D eigenvalue weighted by Crippen LogP contribution is -2.52. The van der Waals surface area contributed by atoms with Gasteiger partial charge < -0.3 is 8.82 Å². The van der Waals surface area contributed by atoms with Crippen molar-refractivity contribution in [3.63, 3.8) is 0 Å². The van der Waals surface area contributed by atoms with Crippen LogP contribution in [0.4, 0.5) is 0 Å². The number of furan rings is 1. The van der Waals surface area contributed by atoms with Crippen LogP contribution in [0.2, 0.25) is 0 Å². The Bertz CT molecular complexity index is 3160. The molecule has 0 radical (unpaired) electrons. The van der Waals surface area contributed by atoms with Crippen molar-refractivity contribution >= 4 is 60.0 Å².